The molecule has 0 aliphatic carbocycles. The number of guanidine groups is 1. The van der Waals surface area contributed by atoms with Crippen molar-refractivity contribution in [1.82, 2.24) is 24.9 Å². The van der Waals surface area contributed by atoms with Gasteiger partial charge in [-0.05, 0) is 47.1 Å². The van der Waals surface area contributed by atoms with Gasteiger partial charge in [-0.2, -0.15) is 5.10 Å². The molecule has 8 heteroatoms. The summed E-state index contributed by atoms with van der Waals surface area (Å²) in [5, 5.41) is 7.95. The molecule has 1 aromatic heterocycles. The van der Waals surface area contributed by atoms with Gasteiger partial charge in [0.25, 0.3) is 0 Å². The Hall–Kier alpha value is -2.25. The van der Waals surface area contributed by atoms with Crippen LogP contribution in [0, 0.1) is 13.8 Å². The van der Waals surface area contributed by atoms with Gasteiger partial charge in [0.2, 0.25) is 0 Å². The van der Waals surface area contributed by atoms with Crippen LogP contribution in [0.15, 0.2) is 11.1 Å². The Kier molecular flexibility index (Phi) is 5.62. The summed E-state index contributed by atoms with van der Waals surface area (Å²) in [4.78, 5) is 21.0. The predicted molar refractivity (Wildman–Crippen MR) is 105 cm³/mol. The number of aryl methyl sites for hydroxylation is 3. The summed E-state index contributed by atoms with van der Waals surface area (Å²) in [5.41, 5.74) is 1.80. The lowest BCUT2D eigenvalue weighted by Crippen LogP contribution is -2.57. The average Bonchev–Trinajstić information content (AvgIpc) is 3.12. The molecule has 27 heavy (non-hydrogen) atoms. The summed E-state index contributed by atoms with van der Waals surface area (Å²) in [6, 6.07) is 2.34. The number of ether oxygens (including phenoxy) is 1. The first-order chi connectivity index (χ1) is 12.7. The number of amides is 1. The fourth-order valence-corrected chi connectivity index (χ4v) is 3.55. The predicted octanol–water partition coefficient (Wildman–Crippen LogP) is 1.77. The van der Waals surface area contributed by atoms with Crippen LogP contribution in [-0.4, -0.2) is 76.0 Å². The summed E-state index contributed by atoms with van der Waals surface area (Å²) >= 11 is 0. The molecule has 1 amide bonds. The largest absolute Gasteiger partial charge is 0.444 e. The summed E-state index contributed by atoms with van der Waals surface area (Å²) in [7, 11) is 0. The smallest absolute Gasteiger partial charge is 0.410 e. The lowest BCUT2D eigenvalue weighted by molar-refractivity contribution is 0.0137. The normalized spacial score (nSPS) is 19.7. The van der Waals surface area contributed by atoms with Gasteiger partial charge in [0, 0.05) is 38.4 Å². The molecule has 2 aliphatic rings. The maximum absolute atomic E-state index is 12.3. The number of piperazine rings is 1. The van der Waals surface area contributed by atoms with Crippen molar-refractivity contribution in [3.8, 4) is 0 Å². The van der Waals surface area contributed by atoms with E-state index in [-0.39, 0.29) is 12.1 Å². The molecule has 1 unspecified atom stereocenters. The van der Waals surface area contributed by atoms with Crippen LogP contribution < -0.4 is 5.32 Å². The van der Waals surface area contributed by atoms with E-state index in [4.69, 9.17) is 4.74 Å². The number of nitrogens with one attached hydrogen (secondary N) is 1. The van der Waals surface area contributed by atoms with E-state index >= 15 is 0 Å². The van der Waals surface area contributed by atoms with Crippen molar-refractivity contribution in [3.63, 3.8) is 0 Å². The van der Waals surface area contributed by atoms with E-state index in [9.17, 15) is 4.79 Å². The van der Waals surface area contributed by atoms with Crippen molar-refractivity contribution in [1.29, 1.82) is 0 Å². The van der Waals surface area contributed by atoms with Crippen LogP contribution >= 0.6 is 0 Å². The monoisotopic (exact) mass is 376 g/mol. The molecule has 1 N–H and O–H groups in total. The zero-order valence-electron chi connectivity index (χ0n) is 17.2. The number of hydrogen-bond donors (Lipinski definition) is 1. The van der Waals surface area contributed by atoms with Gasteiger partial charge < -0.3 is 19.9 Å². The number of hydrogen-bond acceptors (Lipinski definition) is 6. The fraction of sp³-hybridized carbons (Fsp3) is 0.737. The van der Waals surface area contributed by atoms with Crippen LogP contribution in [0.4, 0.5) is 4.79 Å². The third kappa shape index (κ3) is 4.93. The molecule has 1 aromatic rings. The molecule has 0 saturated carbocycles. The molecule has 1 atom stereocenters. The molecule has 3 heterocycles. The minimum atomic E-state index is -0.460. The SMILES string of the molecule is Cc1cc(C)n(CCCNC2=NCC3CN(C(=O)OC(C)(C)C)CCN23)n1. The number of carbonyl (C=O) groups is 1. The van der Waals surface area contributed by atoms with Crippen LogP contribution in [-0.2, 0) is 11.3 Å². The number of aromatic nitrogens is 2. The van der Waals surface area contributed by atoms with Crippen molar-refractivity contribution in [2.45, 2.75) is 59.2 Å². The molecule has 0 bridgehead atoms. The van der Waals surface area contributed by atoms with Crippen molar-refractivity contribution in [2.24, 2.45) is 4.99 Å². The second-order valence-corrected chi connectivity index (χ2v) is 8.37. The lowest BCUT2D eigenvalue weighted by Gasteiger charge is -2.39. The maximum Gasteiger partial charge on any atom is 0.410 e. The Morgan fingerprint density at radius 1 is 1.33 bits per heavy atom. The van der Waals surface area contributed by atoms with Crippen LogP contribution in [0.2, 0.25) is 0 Å². The lowest BCUT2D eigenvalue weighted by atomic mass is 10.2. The zero-order chi connectivity index (χ0) is 19.6. The van der Waals surface area contributed by atoms with Gasteiger partial charge in [0.05, 0.1) is 18.3 Å². The molecule has 2 aliphatic heterocycles. The molecule has 3 rings (SSSR count). The second kappa shape index (κ2) is 7.78. The first-order valence-electron chi connectivity index (χ1n) is 9.77. The minimum Gasteiger partial charge on any atom is -0.444 e. The molecular formula is C19H32N6O2. The summed E-state index contributed by atoms with van der Waals surface area (Å²) in [6.45, 7) is 14.4. The van der Waals surface area contributed by atoms with Crippen LogP contribution in [0.25, 0.3) is 0 Å². The highest BCUT2D eigenvalue weighted by molar-refractivity contribution is 5.82. The topological polar surface area (TPSA) is 75.0 Å². The highest BCUT2D eigenvalue weighted by atomic mass is 16.6. The average molecular weight is 377 g/mol. The van der Waals surface area contributed by atoms with Gasteiger partial charge in [-0.15, -0.1) is 0 Å². The number of rotatable bonds is 4. The van der Waals surface area contributed by atoms with E-state index in [2.05, 4.69) is 38.0 Å². The standard InChI is InChI=1S/C19H32N6O2/c1-14-11-15(2)25(22-14)8-6-7-20-17-21-12-16-13-23(9-10-24(16)17)18(26)27-19(3,4)5/h11,16H,6-10,12-13H2,1-5H3,(H,20,21). The van der Waals surface area contributed by atoms with E-state index in [1.54, 1.807) is 4.90 Å². The van der Waals surface area contributed by atoms with E-state index in [1.165, 1.54) is 5.69 Å². The Balaban J connectivity index is 1.42. The number of fused-ring (bicyclic) bond motifs is 1. The van der Waals surface area contributed by atoms with Crippen LogP contribution in [0.3, 0.4) is 0 Å². The van der Waals surface area contributed by atoms with Crippen molar-refractivity contribution in [2.75, 3.05) is 32.7 Å². The Morgan fingerprint density at radius 3 is 2.78 bits per heavy atom. The first-order valence-corrected chi connectivity index (χ1v) is 9.77. The van der Waals surface area contributed by atoms with Gasteiger partial charge in [-0.1, -0.05) is 0 Å². The molecule has 1 saturated heterocycles. The van der Waals surface area contributed by atoms with E-state index in [0.29, 0.717) is 13.1 Å². The fourth-order valence-electron chi connectivity index (χ4n) is 3.55. The van der Waals surface area contributed by atoms with Gasteiger partial charge in [-0.3, -0.25) is 9.67 Å². The Morgan fingerprint density at radius 2 is 2.11 bits per heavy atom. The number of carbonyl (C=O) groups excluding carboxylic acids is 1. The molecule has 1 fully saturated rings. The Labute approximate surface area is 161 Å². The van der Waals surface area contributed by atoms with E-state index in [1.807, 2.05) is 27.7 Å². The van der Waals surface area contributed by atoms with Gasteiger partial charge in [0.1, 0.15) is 5.60 Å². The second-order valence-electron chi connectivity index (χ2n) is 8.37. The van der Waals surface area contributed by atoms with E-state index in [0.717, 1.165) is 44.3 Å². The molecule has 0 spiro atoms. The highest BCUT2D eigenvalue weighted by Crippen LogP contribution is 2.18. The molecule has 0 radical (unpaired) electrons. The summed E-state index contributed by atoms with van der Waals surface area (Å²) in [5.74, 6) is 0.956. The van der Waals surface area contributed by atoms with Crippen LogP contribution in [0.1, 0.15) is 38.6 Å². The van der Waals surface area contributed by atoms with Gasteiger partial charge >= 0.3 is 6.09 Å². The molecule has 0 aromatic carbocycles. The first kappa shape index (κ1) is 19.5. The minimum absolute atomic E-state index is 0.228. The maximum atomic E-state index is 12.3. The molecule has 150 valence electrons. The highest BCUT2D eigenvalue weighted by Gasteiger charge is 2.36. The molecule has 8 nitrogen and oxygen atoms in total. The van der Waals surface area contributed by atoms with Gasteiger partial charge in [0.15, 0.2) is 5.96 Å². The number of aliphatic imine (C=N–C) groups is 1. The third-order valence-electron chi connectivity index (χ3n) is 4.79. The van der Waals surface area contributed by atoms with Crippen molar-refractivity contribution in [3.05, 3.63) is 17.5 Å². The summed E-state index contributed by atoms with van der Waals surface area (Å²) < 4.78 is 7.54. The van der Waals surface area contributed by atoms with Gasteiger partial charge in [-0.25, -0.2) is 4.79 Å². The van der Waals surface area contributed by atoms with Crippen LogP contribution in [0.5, 0.6) is 0 Å². The zero-order valence-corrected chi connectivity index (χ0v) is 17.2. The van der Waals surface area contributed by atoms with Crippen molar-refractivity contribution >= 4 is 12.1 Å². The van der Waals surface area contributed by atoms with E-state index < -0.39 is 5.60 Å². The molecular weight excluding hydrogens is 344 g/mol. The quantitative estimate of drug-likeness (QED) is 0.811. The number of nitrogens with zero attached hydrogens (tertiary/aromatic N) is 5. The summed E-state index contributed by atoms with van der Waals surface area (Å²) in [6.07, 6.45) is 0.761. The third-order valence-corrected chi connectivity index (χ3v) is 4.79. The van der Waals surface area contributed by atoms with Crippen molar-refractivity contribution < 1.29 is 9.53 Å². The Bertz CT molecular complexity index is 706.